The van der Waals surface area contributed by atoms with Crippen LogP contribution in [0.5, 0.6) is 0 Å². The molecule has 0 atom stereocenters. The van der Waals surface area contributed by atoms with Crippen molar-refractivity contribution in [3.63, 3.8) is 0 Å². The van der Waals surface area contributed by atoms with Crippen LogP contribution in [0.2, 0.25) is 0 Å². The van der Waals surface area contributed by atoms with Crippen LogP contribution in [0.25, 0.3) is 0 Å². The van der Waals surface area contributed by atoms with Crippen LogP contribution in [-0.2, 0) is 10.0 Å². The Labute approximate surface area is 161 Å². The summed E-state index contributed by atoms with van der Waals surface area (Å²) in [5.74, 6) is -0.434. The highest BCUT2D eigenvalue weighted by molar-refractivity contribution is 7.92. The fraction of sp³-hybridized carbons (Fsp3) is 0.167. The first-order valence-corrected chi connectivity index (χ1v) is 10.4. The Bertz CT molecular complexity index is 1090. The molecule has 27 heavy (non-hydrogen) atoms. The zero-order chi connectivity index (χ0) is 19.6. The smallest absolute Gasteiger partial charge is 0.261 e. The normalized spacial score (nSPS) is 11.2. The van der Waals surface area contributed by atoms with Crippen molar-refractivity contribution >= 4 is 38.1 Å². The Balaban J connectivity index is 1.87. The highest BCUT2D eigenvalue weighted by Gasteiger charge is 2.19. The third-order valence-corrected chi connectivity index (χ3v) is 5.95. The molecule has 9 heteroatoms. The van der Waals surface area contributed by atoms with Gasteiger partial charge < -0.3 is 0 Å². The van der Waals surface area contributed by atoms with Crippen molar-refractivity contribution in [1.82, 2.24) is 10.2 Å². The van der Waals surface area contributed by atoms with E-state index in [-0.39, 0.29) is 10.5 Å². The Morgan fingerprint density at radius 1 is 1.00 bits per heavy atom. The van der Waals surface area contributed by atoms with E-state index in [9.17, 15) is 13.2 Å². The SMILES string of the molecule is Cc1ccc(NS(=O)(=O)c2ccc(C)c(C(=O)Nc3nnc(C)s3)c2)cc1. The summed E-state index contributed by atoms with van der Waals surface area (Å²) in [4.78, 5) is 12.5. The molecule has 0 fully saturated rings. The lowest BCUT2D eigenvalue weighted by Crippen LogP contribution is -2.17. The van der Waals surface area contributed by atoms with Gasteiger partial charge in [-0.25, -0.2) is 8.42 Å². The van der Waals surface area contributed by atoms with Crippen molar-refractivity contribution in [2.45, 2.75) is 25.7 Å². The molecule has 2 N–H and O–H groups in total. The van der Waals surface area contributed by atoms with Gasteiger partial charge in [-0.3, -0.25) is 14.8 Å². The number of anilines is 2. The number of amides is 1. The van der Waals surface area contributed by atoms with Gasteiger partial charge in [0.2, 0.25) is 5.13 Å². The van der Waals surface area contributed by atoms with Gasteiger partial charge in [0, 0.05) is 11.3 Å². The molecule has 0 spiro atoms. The maximum atomic E-state index is 12.7. The van der Waals surface area contributed by atoms with E-state index in [1.165, 1.54) is 23.5 Å². The van der Waals surface area contributed by atoms with E-state index in [0.717, 1.165) is 10.6 Å². The average Bonchev–Trinajstić information content (AvgIpc) is 3.01. The number of nitrogens with zero attached hydrogens (tertiary/aromatic N) is 2. The lowest BCUT2D eigenvalue weighted by molar-refractivity contribution is 0.102. The zero-order valence-electron chi connectivity index (χ0n) is 15.0. The van der Waals surface area contributed by atoms with E-state index in [2.05, 4.69) is 20.2 Å². The Kier molecular flexibility index (Phi) is 5.24. The van der Waals surface area contributed by atoms with Gasteiger partial charge in [-0.15, -0.1) is 10.2 Å². The first-order chi connectivity index (χ1) is 12.7. The van der Waals surface area contributed by atoms with Crippen LogP contribution in [-0.4, -0.2) is 24.5 Å². The number of rotatable bonds is 5. The Hall–Kier alpha value is -2.78. The number of aromatic nitrogens is 2. The maximum absolute atomic E-state index is 12.7. The molecule has 0 aliphatic rings. The molecule has 140 valence electrons. The Morgan fingerprint density at radius 2 is 1.70 bits per heavy atom. The van der Waals surface area contributed by atoms with E-state index < -0.39 is 15.9 Å². The minimum atomic E-state index is -3.82. The topological polar surface area (TPSA) is 101 Å². The van der Waals surface area contributed by atoms with E-state index in [1.807, 2.05) is 19.1 Å². The maximum Gasteiger partial charge on any atom is 0.261 e. The summed E-state index contributed by atoms with van der Waals surface area (Å²) in [6.45, 7) is 5.44. The first kappa shape index (κ1) is 19.0. The molecule has 0 saturated heterocycles. The molecule has 1 amide bonds. The third kappa shape index (κ3) is 4.50. The highest BCUT2D eigenvalue weighted by atomic mass is 32.2. The number of benzene rings is 2. The third-order valence-electron chi connectivity index (χ3n) is 3.81. The molecule has 0 unspecified atom stereocenters. The number of hydrogen-bond acceptors (Lipinski definition) is 6. The molecule has 0 radical (unpaired) electrons. The summed E-state index contributed by atoms with van der Waals surface area (Å²) in [5, 5.41) is 11.4. The van der Waals surface area contributed by atoms with Crippen molar-refractivity contribution in [3.05, 3.63) is 64.2 Å². The van der Waals surface area contributed by atoms with E-state index in [4.69, 9.17) is 0 Å². The van der Waals surface area contributed by atoms with Gasteiger partial charge >= 0.3 is 0 Å². The molecule has 0 aliphatic carbocycles. The molecule has 0 saturated carbocycles. The lowest BCUT2D eigenvalue weighted by atomic mass is 10.1. The van der Waals surface area contributed by atoms with Gasteiger partial charge in [0.1, 0.15) is 5.01 Å². The summed E-state index contributed by atoms with van der Waals surface area (Å²) >= 11 is 1.24. The summed E-state index contributed by atoms with van der Waals surface area (Å²) < 4.78 is 27.9. The summed E-state index contributed by atoms with van der Waals surface area (Å²) in [7, 11) is -3.82. The van der Waals surface area contributed by atoms with Gasteiger partial charge in [-0.2, -0.15) is 0 Å². The number of aryl methyl sites for hydroxylation is 3. The van der Waals surface area contributed by atoms with Crippen LogP contribution in [0, 0.1) is 20.8 Å². The minimum absolute atomic E-state index is 0.00673. The zero-order valence-corrected chi connectivity index (χ0v) is 16.6. The van der Waals surface area contributed by atoms with Crippen LogP contribution in [0.1, 0.15) is 26.5 Å². The molecule has 1 aromatic heterocycles. The minimum Gasteiger partial charge on any atom is -0.296 e. The fourth-order valence-corrected chi connectivity index (χ4v) is 4.03. The molecular weight excluding hydrogens is 384 g/mol. The van der Waals surface area contributed by atoms with Crippen LogP contribution in [0.15, 0.2) is 47.4 Å². The Morgan fingerprint density at radius 3 is 2.33 bits per heavy atom. The molecule has 2 aromatic carbocycles. The van der Waals surface area contributed by atoms with Crippen LogP contribution in [0.4, 0.5) is 10.8 Å². The predicted molar refractivity (Wildman–Crippen MR) is 106 cm³/mol. The van der Waals surface area contributed by atoms with Gasteiger partial charge in [0.15, 0.2) is 0 Å². The molecule has 0 bridgehead atoms. The van der Waals surface area contributed by atoms with Gasteiger partial charge in [-0.1, -0.05) is 35.1 Å². The number of carbonyl (C=O) groups excluding carboxylic acids is 1. The molecule has 0 aliphatic heterocycles. The van der Waals surface area contributed by atoms with Crippen molar-refractivity contribution in [3.8, 4) is 0 Å². The number of nitrogens with one attached hydrogen (secondary N) is 2. The van der Waals surface area contributed by atoms with Gasteiger partial charge in [0.25, 0.3) is 15.9 Å². The van der Waals surface area contributed by atoms with Crippen molar-refractivity contribution in [2.75, 3.05) is 10.0 Å². The summed E-state index contributed by atoms with van der Waals surface area (Å²) in [5.41, 5.74) is 2.40. The predicted octanol–water partition coefficient (Wildman–Crippen LogP) is 3.52. The quantitative estimate of drug-likeness (QED) is 0.680. The van der Waals surface area contributed by atoms with E-state index >= 15 is 0 Å². The average molecular weight is 403 g/mol. The largest absolute Gasteiger partial charge is 0.296 e. The van der Waals surface area contributed by atoms with Gasteiger partial charge in [-0.05, 0) is 50.6 Å². The summed E-state index contributed by atoms with van der Waals surface area (Å²) in [6.07, 6.45) is 0. The van der Waals surface area contributed by atoms with Gasteiger partial charge in [0.05, 0.1) is 4.90 Å². The highest BCUT2D eigenvalue weighted by Crippen LogP contribution is 2.21. The number of sulfonamides is 1. The van der Waals surface area contributed by atoms with E-state index in [0.29, 0.717) is 16.4 Å². The lowest BCUT2D eigenvalue weighted by Gasteiger charge is -2.11. The fourth-order valence-electron chi connectivity index (χ4n) is 2.36. The number of carbonyl (C=O) groups is 1. The summed E-state index contributed by atoms with van der Waals surface area (Å²) in [6, 6.07) is 11.4. The molecular formula is C18H18N4O3S2. The molecule has 3 rings (SSSR count). The van der Waals surface area contributed by atoms with Crippen molar-refractivity contribution in [2.24, 2.45) is 0 Å². The van der Waals surface area contributed by atoms with Crippen LogP contribution >= 0.6 is 11.3 Å². The van der Waals surface area contributed by atoms with Crippen molar-refractivity contribution in [1.29, 1.82) is 0 Å². The molecule has 7 nitrogen and oxygen atoms in total. The second-order valence-electron chi connectivity index (χ2n) is 6.03. The van der Waals surface area contributed by atoms with Crippen molar-refractivity contribution < 1.29 is 13.2 Å². The molecule has 3 aromatic rings. The van der Waals surface area contributed by atoms with Crippen LogP contribution < -0.4 is 10.0 Å². The molecule has 1 heterocycles. The number of hydrogen-bond donors (Lipinski definition) is 2. The monoisotopic (exact) mass is 402 g/mol. The second-order valence-corrected chi connectivity index (χ2v) is 8.89. The first-order valence-electron chi connectivity index (χ1n) is 8.06. The standard InChI is InChI=1S/C18H18N4O3S2/c1-11-4-7-14(8-5-11)22-27(24,25)15-9-6-12(2)16(10-15)17(23)19-18-21-20-13(3)26-18/h4-10,22H,1-3H3,(H,19,21,23). The second kappa shape index (κ2) is 7.45. The van der Waals surface area contributed by atoms with E-state index in [1.54, 1.807) is 32.0 Å². The van der Waals surface area contributed by atoms with Crippen LogP contribution in [0.3, 0.4) is 0 Å².